The summed E-state index contributed by atoms with van der Waals surface area (Å²) in [5.74, 6) is -0.0728. The number of aromatic amines is 1. The number of pyridine rings is 1. The van der Waals surface area contributed by atoms with Crippen molar-refractivity contribution in [2.45, 2.75) is 26.7 Å². The zero-order valence-corrected chi connectivity index (χ0v) is 15.6. The summed E-state index contributed by atoms with van der Waals surface area (Å²) in [5.41, 5.74) is 4.58. The number of carbonyl (C=O) groups excluding carboxylic acids is 1. The molecule has 1 amide bonds. The van der Waals surface area contributed by atoms with Gasteiger partial charge in [0.05, 0.1) is 6.42 Å². The lowest BCUT2D eigenvalue weighted by Crippen LogP contribution is -2.28. The van der Waals surface area contributed by atoms with Gasteiger partial charge in [-0.05, 0) is 61.2 Å². The molecule has 0 aliphatic carbocycles. The number of hydrogen-bond donors (Lipinski definition) is 2. The van der Waals surface area contributed by atoms with Crippen LogP contribution in [0.15, 0.2) is 47.3 Å². The Bertz CT molecular complexity index is 1010. The minimum absolute atomic E-state index is 0.0728. The van der Waals surface area contributed by atoms with Gasteiger partial charge >= 0.3 is 0 Å². The molecule has 0 aliphatic heterocycles. The van der Waals surface area contributed by atoms with E-state index in [9.17, 15) is 9.59 Å². The van der Waals surface area contributed by atoms with E-state index in [2.05, 4.69) is 16.4 Å². The maximum absolute atomic E-state index is 12.3. The number of carbonyl (C=O) groups is 1. The van der Waals surface area contributed by atoms with Crippen LogP contribution in [0.25, 0.3) is 10.9 Å². The summed E-state index contributed by atoms with van der Waals surface area (Å²) in [7, 11) is 0. The lowest BCUT2D eigenvalue weighted by Gasteiger charge is -2.08. The highest BCUT2D eigenvalue weighted by atomic mass is 35.5. The van der Waals surface area contributed by atoms with Crippen LogP contribution in [0.3, 0.4) is 0 Å². The second kappa shape index (κ2) is 7.75. The topological polar surface area (TPSA) is 62.0 Å². The van der Waals surface area contributed by atoms with E-state index in [1.807, 2.05) is 38.1 Å². The lowest BCUT2D eigenvalue weighted by atomic mass is 10.0. The third kappa shape index (κ3) is 4.33. The first kappa shape index (κ1) is 18.2. The first-order valence-corrected chi connectivity index (χ1v) is 8.94. The van der Waals surface area contributed by atoms with Gasteiger partial charge in [-0.15, -0.1) is 0 Å². The Labute approximate surface area is 157 Å². The van der Waals surface area contributed by atoms with Gasteiger partial charge in [0, 0.05) is 28.0 Å². The van der Waals surface area contributed by atoms with E-state index in [-0.39, 0.29) is 11.5 Å². The number of hydrogen-bond acceptors (Lipinski definition) is 2. The van der Waals surface area contributed by atoms with Gasteiger partial charge in [-0.1, -0.05) is 29.8 Å². The molecule has 134 valence electrons. The largest absolute Gasteiger partial charge is 0.355 e. The molecule has 0 saturated heterocycles. The molecule has 0 bridgehead atoms. The number of H-pyrrole nitrogens is 1. The number of amides is 1. The molecule has 1 aromatic heterocycles. The molecule has 2 N–H and O–H groups in total. The Balaban J connectivity index is 1.64. The number of benzene rings is 2. The molecule has 0 aliphatic rings. The second-order valence-corrected chi connectivity index (χ2v) is 7.01. The highest BCUT2D eigenvalue weighted by Crippen LogP contribution is 2.18. The molecule has 5 heteroatoms. The van der Waals surface area contributed by atoms with Crippen LogP contribution in [0.2, 0.25) is 5.02 Å². The summed E-state index contributed by atoms with van der Waals surface area (Å²) in [5, 5.41) is 4.56. The normalized spacial score (nSPS) is 10.9. The van der Waals surface area contributed by atoms with E-state index in [0.29, 0.717) is 30.0 Å². The highest BCUT2D eigenvalue weighted by molar-refractivity contribution is 6.30. The first-order valence-electron chi connectivity index (χ1n) is 8.56. The Morgan fingerprint density at radius 1 is 1.12 bits per heavy atom. The fourth-order valence-electron chi connectivity index (χ4n) is 3.09. The molecular weight excluding hydrogens is 348 g/mol. The molecule has 3 aromatic rings. The van der Waals surface area contributed by atoms with Crippen molar-refractivity contribution in [3.63, 3.8) is 0 Å². The summed E-state index contributed by atoms with van der Waals surface area (Å²) < 4.78 is 0. The Morgan fingerprint density at radius 3 is 2.58 bits per heavy atom. The van der Waals surface area contributed by atoms with E-state index in [1.165, 1.54) is 0 Å². The third-order valence-electron chi connectivity index (χ3n) is 4.38. The van der Waals surface area contributed by atoms with E-state index in [0.717, 1.165) is 27.6 Å². The predicted molar refractivity (Wildman–Crippen MR) is 106 cm³/mol. The van der Waals surface area contributed by atoms with Crippen LogP contribution in [0.1, 0.15) is 22.3 Å². The van der Waals surface area contributed by atoms with Crippen LogP contribution < -0.4 is 10.9 Å². The lowest BCUT2D eigenvalue weighted by molar-refractivity contribution is -0.120. The van der Waals surface area contributed by atoms with Crippen molar-refractivity contribution in [2.75, 3.05) is 6.54 Å². The second-order valence-electron chi connectivity index (χ2n) is 6.57. The minimum Gasteiger partial charge on any atom is -0.355 e. The van der Waals surface area contributed by atoms with Crippen LogP contribution in [-0.2, 0) is 17.6 Å². The number of aromatic nitrogens is 1. The van der Waals surface area contributed by atoms with E-state index < -0.39 is 0 Å². The van der Waals surface area contributed by atoms with Crippen molar-refractivity contribution < 1.29 is 4.79 Å². The van der Waals surface area contributed by atoms with Gasteiger partial charge in [-0.25, -0.2) is 0 Å². The van der Waals surface area contributed by atoms with Gasteiger partial charge in [-0.3, -0.25) is 9.59 Å². The van der Waals surface area contributed by atoms with Crippen molar-refractivity contribution >= 4 is 28.4 Å². The summed E-state index contributed by atoms with van der Waals surface area (Å²) in [6, 6.07) is 13.2. The van der Waals surface area contributed by atoms with E-state index >= 15 is 0 Å². The predicted octanol–water partition coefficient (Wildman–Crippen LogP) is 3.70. The average Bonchev–Trinajstić information content (AvgIpc) is 2.58. The molecule has 4 nitrogen and oxygen atoms in total. The summed E-state index contributed by atoms with van der Waals surface area (Å²) in [4.78, 5) is 27.3. The smallest absolute Gasteiger partial charge is 0.251 e. The van der Waals surface area contributed by atoms with Crippen molar-refractivity contribution in [1.29, 1.82) is 0 Å². The number of fused-ring (bicyclic) bond motifs is 1. The fourth-order valence-corrected chi connectivity index (χ4v) is 3.21. The molecule has 0 saturated carbocycles. The number of nitrogens with one attached hydrogen (secondary N) is 2. The molecule has 0 radical (unpaired) electrons. The maximum Gasteiger partial charge on any atom is 0.251 e. The number of halogens is 1. The van der Waals surface area contributed by atoms with Crippen LogP contribution in [0.5, 0.6) is 0 Å². The van der Waals surface area contributed by atoms with Crippen molar-refractivity contribution in [2.24, 2.45) is 0 Å². The van der Waals surface area contributed by atoms with Crippen molar-refractivity contribution in [3.05, 3.63) is 80.1 Å². The molecule has 0 atom stereocenters. The molecule has 2 aromatic carbocycles. The van der Waals surface area contributed by atoms with Gasteiger partial charge in [0.2, 0.25) is 5.91 Å². The van der Waals surface area contributed by atoms with E-state index in [1.54, 1.807) is 12.1 Å². The van der Waals surface area contributed by atoms with Crippen LogP contribution in [0.4, 0.5) is 0 Å². The zero-order chi connectivity index (χ0) is 18.7. The molecule has 3 rings (SSSR count). The molecule has 1 heterocycles. The number of rotatable bonds is 5. The van der Waals surface area contributed by atoms with E-state index in [4.69, 9.17) is 11.6 Å². The van der Waals surface area contributed by atoms with Gasteiger partial charge in [0.25, 0.3) is 5.56 Å². The Morgan fingerprint density at radius 2 is 1.85 bits per heavy atom. The first-order chi connectivity index (χ1) is 12.4. The molecular formula is C21H21ClN2O2. The summed E-state index contributed by atoms with van der Waals surface area (Å²) in [6.07, 6.45) is 0.786. The van der Waals surface area contributed by atoms with Gasteiger partial charge in [0.15, 0.2) is 0 Å². The Hall–Kier alpha value is -2.59. The fraction of sp³-hybridized carbons (Fsp3) is 0.238. The quantitative estimate of drug-likeness (QED) is 0.721. The highest BCUT2D eigenvalue weighted by Gasteiger charge is 2.07. The Kier molecular flexibility index (Phi) is 5.43. The molecule has 0 unspecified atom stereocenters. The SMILES string of the molecule is Cc1cc(C)c2cc(CCNC(=O)Cc3ccc(Cl)cc3)c(=O)[nH]c2c1. The standard InChI is InChI=1S/C21H21ClN2O2/c1-13-9-14(2)18-12-16(21(26)24-19(18)10-13)7-8-23-20(25)11-15-3-5-17(22)6-4-15/h3-6,9-10,12H,7-8,11H2,1-2H3,(H,23,25)(H,24,26). The maximum atomic E-state index is 12.3. The van der Waals surface area contributed by atoms with Crippen molar-refractivity contribution in [3.8, 4) is 0 Å². The van der Waals surface area contributed by atoms with Crippen LogP contribution in [0, 0.1) is 13.8 Å². The summed E-state index contributed by atoms with van der Waals surface area (Å²) >= 11 is 5.84. The summed E-state index contributed by atoms with van der Waals surface area (Å²) in [6.45, 7) is 4.46. The van der Waals surface area contributed by atoms with Gasteiger partial charge < -0.3 is 10.3 Å². The molecule has 0 spiro atoms. The van der Waals surface area contributed by atoms with Gasteiger partial charge in [-0.2, -0.15) is 0 Å². The third-order valence-corrected chi connectivity index (χ3v) is 4.64. The zero-order valence-electron chi connectivity index (χ0n) is 14.9. The van der Waals surface area contributed by atoms with Crippen LogP contribution >= 0.6 is 11.6 Å². The van der Waals surface area contributed by atoms with Gasteiger partial charge in [0.1, 0.15) is 0 Å². The van der Waals surface area contributed by atoms with Crippen LogP contribution in [-0.4, -0.2) is 17.4 Å². The average molecular weight is 369 g/mol. The minimum atomic E-state index is -0.102. The molecule has 26 heavy (non-hydrogen) atoms. The molecule has 0 fully saturated rings. The monoisotopic (exact) mass is 368 g/mol. The van der Waals surface area contributed by atoms with Crippen molar-refractivity contribution in [1.82, 2.24) is 10.3 Å². The number of aryl methyl sites for hydroxylation is 2.